The molecule has 0 saturated carbocycles. The van der Waals surface area contributed by atoms with Crippen molar-refractivity contribution < 1.29 is 9.90 Å². The lowest BCUT2D eigenvalue weighted by Gasteiger charge is -2.03. The van der Waals surface area contributed by atoms with Crippen LogP contribution in [0, 0.1) is 0 Å². The molecule has 11 heavy (non-hydrogen) atoms. The SMILES string of the molecule is N[C@H](CC(=O)O)c1cnc[nH]1. The summed E-state index contributed by atoms with van der Waals surface area (Å²) in [7, 11) is 0. The lowest BCUT2D eigenvalue weighted by atomic mass is 10.2. The molecule has 60 valence electrons. The molecule has 1 atom stereocenters. The van der Waals surface area contributed by atoms with Gasteiger partial charge in [0.1, 0.15) is 0 Å². The number of aliphatic carboxylic acids is 1. The molecule has 0 amide bonds. The smallest absolute Gasteiger partial charge is 0.305 e. The zero-order chi connectivity index (χ0) is 8.27. The van der Waals surface area contributed by atoms with E-state index in [4.69, 9.17) is 10.8 Å². The molecular weight excluding hydrogens is 146 g/mol. The second-order valence-electron chi connectivity index (χ2n) is 2.21. The summed E-state index contributed by atoms with van der Waals surface area (Å²) >= 11 is 0. The number of aromatic amines is 1. The van der Waals surface area contributed by atoms with Gasteiger partial charge in [-0.05, 0) is 0 Å². The standard InChI is InChI=1S/C6H9N3O2/c7-4(1-6(10)11)5-2-8-3-9-5/h2-4H,1,7H2,(H,8,9)(H,10,11)/t4-/m1/s1. The van der Waals surface area contributed by atoms with Crippen molar-refractivity contribution in [3.63, 3.8) is 0 Å². The minimum atomic E-state index is -0.910. The number of carboxylic acids is 1. The molecule has 0 aliphatic rings. The fraction of sp³-hybridized carbons (Fsp3) is 0.333. The van der Waals surface area contributed by atoms with Gasteiger partial charge in [0.25, 0.3) is 0 Å². The van der Waals surface area contributed by atoms with Gasteiger partial charge in [-0.1, -0.05) is 0 Å². The number of nitrogens with two attached hydrogens (primary N) is 1. The van der Waals surface area contributed by atoms with Gasteiger partial charge in [-0.3, -0.25) is 4.79 Å². The zero-order valence-corrected chi connectivity index (χ0v) is 5.82. The molecule has 1 heterocycles. The van der Waals surface area contributed by atoms with Crippen molar-refractivity contribution in [2.24, 2.45) is 5.73 Å². The van der Waals surface area contributed by atoms with Crippen LogP contribution >= 0.6 is 0 Å². The highest BCUT2D eigenvalue weighted by Gasteiger charge is 2.10. The molecular formula is C6H9N3O2. The first-order chi connectivity index (χ1) is 5.20. The van der Waals surface area contributed by atoms with E-state index in [9.17, 15) is 4.79 Å². The van der Waals surface area contributed by atoms with Crippen LogP contribution in [-0.2, 0) is 4.79 Å². The maximum Gasteiger partial charge on any atom is 0.305 e. The van der Waals surface area contributed by atoms with Crippen molar-refractivity contribution in [3.05, 3.63) is 18.2 Å². The molecule has 0 fully saturated rings. The lowest BCUT2D eigenvalue weighted by Crippen LogP contribution is -2.15. The zero-order valence-electron chi connectivity index (χ0n) is 5.82. The Morgan fingerprint density at radius 3 is 3.09 bits per heavy atom. The Morgan fingerprint density at radius 2 is 2.64 bits per heavy atom. The minimum Gasteiger partial charge on any atom is -0.481 e. The Bertz CT molecular complexity index is 232. The minimum absolute atomic E-state index is 0.0812. The molecule has 0 radical (unpaired) electrons. The van der Waals surface area contributed by atoms with E-state index in [1.807, 2.05) is 0 Å². The van der Waals surface area contributed by atoms with Gasteiger partial charge in [0.2, 0.25) is 0 Å². The van der Waals surface area contributed by atoms with Crippen LogP contribution in [-0.4, -0.2) is 21.0 Å². The van der Waals surface area contributed by atoms with Crippen molar-refractivity contribution in [3.8, 4) is 0 Å². The van der Waals surface area contributed by atoms with Gasteiger partial charge >= 0.3 is 5.97 Å². The van der Waals surface area contributed by atoms with E-state index in [-0.39, 0.29) is 6.42 Å². The number of rotatable bonds is 3. The summed E-state index contributed by atoms with van der Waals surface area (Å²) in [4.78, 5) is 16.7. The lowest BCUT2D eigenvalue weighted by molar-refractivity contribution is -0.137. The molecule has 5 heteroatoms. The fourth-order valence-electron chi connectivity index (χ4n) is 0.767. The predicted octanol–water partition coefficient (Wildman–Crippen LogP) is -0.116. The maximum absolute atomic E-state index is 10.2. The van der Waals surface area contributed by atoms with E-state index < -0.39 is 12.0 Å². The summed E-state index contributed by atoms with van der Waals surface area (Å²) in [5, 5.41) is 8.37. The summed E-state index contributed by atoms with van der Waals surface area (Å²) in [6, 6.07) is -0.491. The third kappa shape index (κ3) is 2.05. The third-order valence-corrected chi connectivity index (χ3v) is 1.31. The summed E-state index contributed by atoms with van der Waals surface area (Å²) in [5.74, 6) is -0.910. The Hall–Kier alpha value is -1.36. The second kappa shape index (κ2) is 3.16. The van der Waals surface area contributed by atoms with Crippen LogP contribution < -0.4 is 5.73 Å². The molecule has 4 N–H and O–H groups in total. The normalized spacial score (nSPS) is 12.8. The van der Waals surface area contributed by atoms with Gasteiger partial charge in [-0.15, -0.1) is 0 Å². The van der Waals surface area contributed by atoms with Crippen molar-refractivity contribution in [2.45, 2.75) is 12.5 Å². The van der Waals surface area contributed by atoms with Crippen LogP contribution in [0.3, 0.4) is 0 Å². The number of carboxylic acid groups (broad SMARTS) is 1. The van der Waals surface area contributed by atoms with Crippen molar-refractivity contribution in [1.29, 1.82) is 0 Å². The molecule has 0 aliphatic heterocycles. The van der Waals surface area contributed by atoms with E-state index in [2.05, 4.69) is 9.97 Å². The van der Waals surface area contributed by atoms with E-state index in [1.165, 1.54) is 12.5 Å². The highest BCUT2D eigenvalue weighted by Crippen LogP contribution is 2.08. The summed E-state index contributed by atoms with van der Waals surface area (Å²) < 4.78 is 0. The highest BCUT2D eigenvalue weighted by atomic mass is 16.4. The first-order valence-electron chi connectivity index (χ1n) is 3.16. The average molecular weight is 155 g/mol. The number of carbonyl (C=O) groups is 1. The van der Waals surface area contributed by atoms with Gasteiger partial charge < -0.3 is 15.8 Å². The highest BCUT2D eigenvalue weighted by molar-refractivity contribution is 5.67. The number of H-pyrrole nitrogens is 1. The van der Waals surface area contributed by atoms with Crippen LogP contribution in [0.15, 0.2) is 12.5 Å². The maximum atomic E-state index is 10.2. The van der Waals surface area contributed by atoms with Gasteiger partial charge in [-0.2, -0.15) is 0 Å². The van der Waals surface area contributed by atoms with Crippen LogP contribution in [0.5, 0.6) is 0 Å². The molecule has 0 bridgehead atoms. The van der Waals surface area contributed by atoms with E-state index >= 15 is 0 Å². The Labute approximate surface area is 63.3 Å². The second-order valence-corrected chi connectivity index (χ2v) is 2.21. The number of imidazole rings is 1. The fourth-order valence-corrected chi connectivity index (χ4v) is 0.767. The van der Waals surface area contributed by atoms with Gasteiger partial charge in [0.15, 0.2) is 0 Å². The number of hydrogen-bond acceptors (Lipinski definition) is 3. The summed E-state index contributed by atoms with van der Waals surface area (Å²) in [6.45, 7) is 0. The largest absolute Gasteiger partial charge is 0.481 e. The molecule has 0 aromatic carbocycles. The summed E-state index contributed by atoms with van der Waals surface area (Å²) in [5.41, 5.74) is 6.13. The predicted molar refractivity (Wildman–Crippen MR) is 37.8 cm³/mol. The summed E-state index contributed by atoms with van der Waals surface area (Å²) in [6.07, 6.45) is 2.91. The third-order valence-electron chi connectivity index (χ3n) is 1.31. The number of hydrogen-bond donors (Lipinski definition) is 3. The average Bonchev–Trinajstić information content (AvgIpc) is 2.35. The van der Waals surface area contributed by atoms with Crippen molar-refractivity contribution >= 4 is 5.97 Å². The van der Waals surface area contributed by atoms with E-state index in [1.54, 1.807) is 0 Å². The number of nitrogens with one attached hydrogen (secondary N) is 1. The molecule has 1 aromatic rings. The Morgan fingerprint density at radius 1 is 1.91 bits per heavy atom. The van der Waals surface area contributed by atoms with Gasteiger partial charge in [0.05, 0.1) is 24.5 Å². The molecule has 0 unspecified atom stereocenters. The molecule has 0 aliphatic carbocycles. The number of nitrogens with zero attached hydrogens (tertiary/aromatic N) is 1. The van der Waals surface area contributed by atoms with Crippen LogP contribution in [0.2, 0.25) is 0 Å². The molecule has 1 aromatic heterocycles. The topological polar surface area (TPSA) is 92.0 Å². The van der Waals surface area contributed by atoms with E-state index in [0.717, 1.165) is 0 Å². The Kier molecular flexibility index (Phi) is 2.22. The monoisotopic (exact) mass is 155 g/mol. The quantitative estimate of drug-likeness (QED) is 0.567. The first-order valence-corrected chi connectivity index (χ1v) is 3.16. The number of aromatic nitrogens is 2. The van der Waals surface area contributed by atoms with Crippen molar-refractivity contribution in [2.75, 3.05) is 0 Å². The first kappa shape index (κ1) is 7.74. The molecule has 0 saturated heterocycles. The van der Waals surface area contributed by atoms with Gasteiger partial charge in [-0.25, -0.2) is 4.98 Å². The molecule has 0 spiro atoms. The molecule has 1 rings (SSSR count). The van der Waals surface area contributed by atoms with Crippen LogP contribution in [0.4, 0.5) is 0 Å². The molecule has 5 nitrogen and oxygen atoms in total. The van der Waals surface area contributed by atoms with E-state index in [0.29, 0.717) is 5.69 Å². The van der Waals surface area contributed by atoms with Crippen molar-refractivity contribution in [1.82, 2.24) is 9.97 Å². The Balaban J connectivity index is 2.56. The van der Waals surface area contributed by atoms with Crippen LogP contribution in [0.1, 0.15) is 18.2 Å². The van der Waals surface area contributed by atoms with Gasteiger partial charge in [0, 0.05) is 6.20 Å². The van der Waals surface area contributed by atoms with Crippen LogP contribution in [0.25, 0.3) is 0 Å².